The Morgan fingerprint density at radius 3 is 3.00 bits per heavy atom. The monoisotopic (exact) mass is 204 g/mol. The molecule has 2 nitrogen and oxygen atoms in total. The van der Waals surface area contributed by atoms with Crippen LogP contribution in [0.2, 0.25) is 0 Å². The maximum absolute atomic E-state index is 4.66. The van der Waals surface area contributed by atoms with E-state index in [1.54, 1.807) is 0 Å². The molecule has 82 valence electrons. The molecule has 15 heavy (non-hydrogen) atoms. The Morgan fingerprint density at radius 2 is 2.33 bits per heavy atom. The van der Waals surface area contributed by atoms with E-state index in [0.29, 0.717) is 6.04 Å². The number of aromatic nitrogens is 1. The van der Waals surface area contributed by atoms with Gasteiger partial charge in [-0.3, -0.25) is 4.98 Å². The van der Waals surface area contributed by atoms with E-state index < -0.39 is 0 Å². The van der Waals surface area contributed by atoms with Crippen molar-refractivity contribution in [3.05, 3.63) is 28.6 Å². The highest BCUT2D eigenvalue weighted by atomic mass is 14.9. The van der Waals surface area contributed by atoms with Crippen LogP contribution in [-0.2, 0) is 19.3 Å². The minimum absolute atomic E-state index is 0.646. The number of likely N-dealkylation sites (N-methyl/N-ethyl adjacent to an activating group) is 1. The SMILES string of the molecule is CCc1cc(C)nc2c1CC(NC)CC2. The van der Waals surface area contributed by atoms with Crippen LogP contribution in [0, 0.1) is 6.92 Å². The number of aryl methyl sites for hydroxylation is 3. The molecule has 1 aromatic rings. The first-order valence-corrected chi connectivity index (χ1v) is 5.90. The van der Waals surface area contributed by atoms with Crippen molar-refractivity contribution >= 4 is 0 Å². The zero-order valence-corrected chi connectivity index (χ0v) is 9.93. The Bertz CT molecular complexity index is 341. The van der Waals surface area contributed by atoms with Crippen molar-refractivity contribution in [2.45, 2.75) is 45.6 Å². The summed E-state index contributed by atoms with van der Waals surface area (Å²) in [4.78, 5) is 4.66. The molecule has 0 spiro atoms. The van der Waals surface area contributed by atoms with Crippen LogP contribution in [-0.4, -0.2) is 18.1 Å². The maximum Gasteiger partial charge on any atom is 0.0442 e. The molecule has 0 radical (unpaired) electrons. The summed E-state index contributed by atoms with van der Waals surface area (Å²) in [5.41, 5.74) is 5.53. The van der Waals surface area contributed by atoms with Crippen LogP contribution >= 0.6 is 0 Å². The van der Waals surface area contributed by atoms with E-state index in [1.807, 2.05) is 0 Å². The number of hydrogen-bond acceptors (Lipinski definition) is 2. The van der Waals surface area contributed by atoms with Crippen LogP contribution in [0.15, 0.2) is 6.07 Å². The maximum atomic E-state index is 4.66. The van der Waals surface area contributed by atoms with Crippen molar-refractivity contribution in [1.29, 1.82) is 0 Å². The van der Waals surface area contributed by atoms with Crippen molar-refractivity contribution < 1.29 is 0 Å². The largest absolute Gasteiger partial charge is 0.317 e. The molecule has 2 rings (SSSR count). The number of pyridine rings is 1. The van der Waals surface area contributed by atoms with Gasteiger partial charge in [0.25, 0.3) is 0 Å². The second-order valence-electron chi connectivity index (χ2n) is 4.43. The van der Waals surface area contributed by atoms with Gasteiger partial charge in [-0.15, -0.1) is 0 Å². The van der Waals surface area contributed by atoms with E-state index in [9.17, 15) is 0 Å². The summed E-state index contributed by atoms with van der Waals surface area (Å²) in [5.74, 6) is 0. The minimum Gasteiger partial charge on any atom is -0.317 e. The van der Waals surface area contributed by atoms with Crippen LogP contribution in [0.1, 0.15) is 35.9 Å². The molecule has 2 heteroatoms. The second kappa shape index (κ2) is 4.31. The molecule has 0 saturated heterocycles. The smallest absolute Gasteiger partial charge is 0.0442 e. The fraction of sp³-hybridized carbons (Fsp3) is 0.615. The van der Waals surface area contributed by atoms with Gasteiger partial charge in [-0.1, -0.05) is 6.92 Å². The summed E-state index contributed by atoms with van der Waals surface area (Å²) >= 11 is 0. The fourth-order valence-corrected chi connectivity index (χ4v) is 2.51. The normalized spacial score (nSPS) is 20.1. The lowest BCUT2D eigenvalue weighted by atomic mass is 9.87. The van der Waals surface area contributed by atoms with E-state index >= 15 is 0 Å². The van der Waals surface area contributed by atoms with Crippen LogP contribution in [0.4, 0.5) is 0 Å². The van der Waals surface area contributed by atoms with Crippen LogP contribution in [0.5, 0.6) is 0 Å². The number of fused-ring (bicyclic) bond motifs is 1. The van der Waals surface area contributed by atoms with Gasteiger partial charge < -0.3 is 5.32 Å². The standard InChI is InChI=1S/C13H20N2/c1-4-10-7-9(2)15-13-6-5-11(14-3)8-12(10)13/h7,11,14H,4-6,8H2,1-3H3. The third-order valence-electron chi connectivity index (χ3n) is 3.40. The lowest BCUT2D eigenvalue weighted by molar-refractivity contribution is 0.487. The van der Waals surface area contributed by atoms with Crippen molar-refractivity contribution in [3.8, 4) is 0 Å². The quantitative estimate of drug-likeness (QED) is 0.797. The highest BCUT2D eigenvalue weighted by Gasteiger charge is 2.20. The fourth-order valence-electron chi connectivity index (χ4n) is 2.51. The predicted molar refractivity (Wildman–Crippen MR) is 63.2 cm³/mol. The molecular weight excluding hydrogens is 184 g/mol. The van der Waals surface area contributed by atoms with Crippen molar-refractivity contribution in [1.82, 2.24) is 10.3 Å². The molecule has 1 aliphatic rings. The Morgan fingerprint density at radius 1 is 1.53 bits per heavy atom. The molecule has 0 aromatic carbocycles. The van der Waals surface area contributed by atoms with Gasteiger partial charge in [0.1, 0.15) is 0 Å². The van der Waals surface area contributed by atoms with Crippen molar-refractivity contribution in [2.24, 2.45) is 0 Å². The van der Waals surface area contributed by atoms with Gasteiger partial charge in [0.2, 0.25) is 0 Å². The van der Waals surface area contributed by atoms with Gasteiger partial charge >= 0.3 is 0 Å². The summed E-state index contributed by atoms with van der Waals surface area (Å²) < 4.78 is 0. The summed E-state index contributed by atoms with van der Waals surface area (Å²) in [6.45, 7) is 4.33. The van der Waals surface area contributed by atoms with Gasteiger partial charge in [0.15, 0.2) is 0 Å². The molecule has 0 amide bonds. The highest BCUT2D eigenvalue weighted by molar-refractivity contribution is 5.35. The molecule has 0 bridgehead atoms. The average Bonchev–Trinajstić information content (AvgIpc) is 2.27. The van der Waals surface area contributed by atoms with Crippen LogP contribution in [0.3, 0.4) is 0 Å². The zero-order chi connectivity index (χ0) is 10.8. The molecule has 1 unspecified atom stereocenters. The summed E-state index contributed by atoms with van der Waals surface area (Å²) in [6, 6.07) is 2.89. The van der Waals surface area contributed by atoms with Gasteiger partial charge in [-0.05, 0) is 56.8 Å². The first-order valence-electron chi connectivity index (χ1n) is 5.90. The molecule has 0 aliphatic heterocycles. The summed E-state index contributed by atoms with van der Waals surface area (Å²) in [6.07, 6.45) is 4.64. The number of hydrogen-bond donors (Lipinski definition) is 1. The van der Waals surface area contributed by atoms with Gasteiger partial charge in [-0.2, -0.15) is 0 Å². The van der Waals surface area contributed by atoms with E-state index in [1.165, 1.54) is 28.9 Å². The molecule has 1 heterocycles. The zero-order valence-electron chi connectivity index (χ0n) is 9.93. The lowest BCUT2D eigenvalue weighted by Crippen LogP contribution is -2.32. The molecule has 0 saturated carbocycles. The van der Waals surface area contributed by atoms with E-state index in [2.05, 4.69) is 37.3 Å². The highest BCUT2D eigenvalue weighted by Crippen LogP contribution is 2.24. The lowest BCUT2D eigenvalue weighted by Gasteiger charge is -2.25. The van der Waals surface area contributed by atoms with Gasteiger partial charge in [-0.25, -0.2) is 0 Å². The molecule has 1 atom stereocenters. The average molecular weight is 204 g/mol. The van der Waals surface area contributed by atoms with E-state index in [0.717, 1.165) is 19.3 Å². The first-order chi connectivity index (χ1) is 7.24. The van der Waals surface area contributed by atoms with Crippen molar-refractivity contribution in [2.75, 3.05) is 7.05 Å². The Balaban J connectivity index is 2.39. The molecule has 1 N–H and O–H groups in total. The third-order valence-corrected chi connectivity index (χ3v) is 3.40. The van der Waals surface area contributed by atoms with Crippen LogP contribution < -0.4 is 5.32 Å². The summed E-state index contributed by atoms with van der Waals surface area (Å²) in [7, 11) is 2.06. The molecular formula is C13H20N2. The number of rotatable bonds is 2. The summed E-state index contributed by atoms with van der Waals surface area (Å²) in [5, 5.41) is 3.38. The number of nitrogens with one attached hydrogen (secondary N) is 1. The van der Waals surface area contributed by atoms with Gasteiger partial charge in [0, 0.05) is 17.4 Å². The minimum atomic E-state index is 0.646. The second-order valence-corrected chi connectivity index (χ2v) is 4.43. The topological polar surface area (TPSA) is 24.9 Å². The molecule has 1 aromatic heterocycles. The number of nitrogens with zero attached hydrogens (tertiary/aromatic N) is 1. The van der Waals surface area contributed by atoms with Crippen molar-refractivity contribution in [3.63, 3.8) is 0 Å². The van der Waals surface area contributed by atoms with E-state index in [-0.39, 0.29) is 0 Å². The van der Waals surface area contributed by atoms with E-state index in [4.69, 9.17) is 0 Å². The Labute approximate surface area is 92.1 Å². The molecule has 0 fully saturated rings. The molecule has 1 aliphatic carbocycles. The van der Waals surface area contributed by atoms with Gasteiger partial charge in [0.05, 0.1) is 0 Å². The first kappa shape index (κ1) is 10.6. The predicted octanol–water partition coefficient (Wildman–Crippen LogP) is 2.03. The van der Waals surface area contributed by atoms with Crippen LogP contribution in [0.25, 0.3) is 0 Å². The third kappa shape index (κ3) is 2.05. The Hall–Kier alpha value is -0.890. The Kier molecular flexibility index (Phi) is 3.06.